The van der Waals surface area contributed by atoms with Gasteiger partial charge in [-0.05, 0) is 73.1 Å². The standard InChI is InChI=1S/C46H59N9O3.C3H7NO2/c1-11-12-29(26-13-14-26)41(56)53-37(43(2,3)4)39-49-30-17-15-27(21-32(30)51-39)34-24-48-35(25-47-34)28-16-18-31-33(22-28)52-40(50-31)38(44(5,6)7)54-42(57)46(45(8)19-20-45)23-36(58-46)55(9)10;1-4(2)3(5)6/h15-18,21-26,29,37-38H,11-14,19-20H2,1-10H3,(H,49,51)(H,50,52)(H,53,56)(H,54,57);1-2H3,(H,5,6)/t29-,37+,38+,46-;/m0./s1. The first-order chi connectivity index (χ1) is 30.0. The predicted molar refractivity (Wildman–Crippen MR) is 249 cm³/mol. The van der Waals surface area contributed by atoms with Crippen molar-refractivity contribution in [2.75, 3.05) is 28.2 Å². The number of nitrogens with one attached hydrogen (secondary N) is 4. The molecule has 0 radical (unpaired) electrons. The minimum absolute atomic E-state index is 0.0670. The van der Waals surface area contributed by atoms with Gasteiger partial charge in [0.05, 0.1) is 57.9 Å². The van der Waals surface area contributed by atoms with Gasteiger partial charge in [0.15, 0.2) is 5.88 Å². The lowest BCUT2D eigenvalue weighted by Crippen LogP contribution is -2.60. The lowest BCUT2D eigenvalue weighted by Gasteiger charge is -2.46. The maximum atomic E-state index is 14.1. The Morgan fingerprint density at radius 1 is 0.828 bits per heavy atom. The fourth-order valence-corrected chi connectivity index (χ4v) is 8.35. The Balaban J connectivity index is 0.000000955. The van der Waals surface area contributed by atoms with Gasteiger partial charge in [-0.15, -0.1) is 0 Å². The first-order valence-electron chi connectivity index (χ1n) is 22.5. The Bertz CT molecular complexity index is 2550. The summed E-state index contributed by atoms with van der Waals surface area (Å²) in [5.74, 6) is 2.74. The highest BCUT2D eigenvalue weighted by Gasteiger charge is 2.66. The van der Waals surface area contributed by atoms with Crippen molar-refractivity contribution >= 4 is 40.0 Å². The van der Waals surface area contributed by atoms with Crippen molar-refractivity contribution < 1.29 is 24.2 Å². The molecule has 0 spiro atoms. The molecule has 2 aliphatic carbocycles. The zero-order valence-electron chi connectivity index (χ0n) is 39.5. The van der Waals surface area contributed by atoms with Gasteiger partial charge in [0.25, 0.3) is 5.91 Å². The summed E-state index contributed by atoms with van der Waals surface area (Å²) < 4.78 is 6.27. The number of hydrogen-bond acceptors (Lipinski definition) is 9. The number of hydrogen-bond donors (Lipinski definition) is 5. The number of fused-ring (bicyclic) bond motifs is 2. The van der Waals surface area contributed by atoms with Crippen molar-refractivity contribution in [2.45, 2.75) is 112 Å². The van der Waals surface area contributed by atoms with Crippen molar-refractivity contribution in [3.63, 3.8) is 0 Å². The van der Waals surface area contributed by atoms with Crippen LogP contribution in [0.5, 0.6) is 0 Å². The fraction of sp³-hybridized carbons (Fsp3) is 0.531. The van der Waals surface area contributed by atoms with Crippen LogP contribution in [0.15, 0.2) is 60.8 Å². The van der Waals surface area contributed by atoms with Crippen LogP contribution in [-0.2, 0) is 14.3 Å². The molecule has 8 rings (SSSR count). The van der Waals surface area contributed by atoms with Gasteiger partial charge in [-0.2, -0.15) is 0 Å². The molecule has 2 fully saturated rings. The van der Waals surface area contributed by atoms with Gasteiger partial charge in [-0.25, -0.2) is 14.8 Å². The summed E-state index contributed by atoms with van der Waals surface area (Å²) in [7, 11) is 6.79. The maximum absolute atomic E-state index is 14.1. The van der Waals surface area contributed by atoms with Crippen LogP contribution in [-0.4, -0.2) is 96.5 Å². The topological polar surface area (TPSA) is 194 Å². The van der Waals surface area contributed by atoms with Crippen molar-refractivity contribution in [1.82, 2.24) is 50.3 Å². The smallest absolute Gasteiger partial charge is 0.406 e. The Labute approximate surface area is 376 Å². The zero-order valence-corrected chi connectivity index (χ0v) is 39.5. The van der Waals surface area contributed by atoms with E-state index in [1.54, 1.807) is 12.4 Å². The molecule has 15 nitrogen and oxygen atoms in total. The number of aromatic nitrogens is 6. The van der Waals surface area contributed by atoms with E-state index in [-0.39, 0.29) is 46.1 Å². The van der Waals surface area contributed by atoms with E-state index >= 15 is 0 Å². The minimum atomic E-state index is -0.992. The summed E-state index contributed by atoms with van der Waals surface area (Å²) >= 11 is 0. The summed E-state index contributed by atoms with van der Waals surface area (Å²) in [4.78, 5) is 66.8. The second-order valence-electron chi connectivity index (χ2n) is 20.8. The SMILES string of the molecule is CCC[C@H](C(=O)N[C@H](c1nc2ccc(-c3cnc(-c4ccc5nc([C@@H](NC(=O)[C@]6(C7(C)CC7)C=C(N(C)C)O6)C(C)(C)C)[nH]c5c4)cn3)cc2[nH]1)C(C)(C)C)C1CC1.CN(C)C(=O)O. The van der Waals surface area contributed by atoms with Crippen LogP contribution in [0.3, 0.4) is 0 Å². The second-order valence-corrected chi connectivity index (χ2v) is 20.8. The monoisotopic (exact) mass is 875 g/mol. The number of imidazole rings is 2. The molecule has 1 aliphatic heterocycles. The predicted octanol–water partition coefficient (Wildman–Crippen LogP) is 8.99. The molecule has 3 amide bonds. The number of amides is 3. The summed E-state index contributed by atoms with van der Waals surface area (Å²) in [5.41, 5.74) is 4.85. The molecule has 5 aromatic rings. The highest BCUT2D eigenvalue weighted by atomic mass is 16.5. The van der Waals surface area contributed by atoms with E-state index in [9.17, 15) is 14.4 Å². The quantitative estimate of drug-likeness (QED) is 0.0762. The molecule has 342 valence electrons. The number of ether oxygens (including phenoxy) is 1. The third-order valence-electron chi connectivity index (χ3n) is 12.9. The Kier molecular flexibility index (Phi) is 12.4. The molecule has 2 saturated carbocycles. The van der Waals surface area contributed by atoms with Crippen LogP contribution in [0.4, 0.5) is 4.79 Å². The molecular formula is C49H66N10O5. The Morgan fingerprint density at radius 2 is 1.30 bits per heavy atom. The maximum Gasteiger partial charge on any atom is 0.406 e. The molecule has 4 atom stereocenters. The third kappa shape index (κ3) is 9.44. The lowest BCUT2D eigenvalue weighted by atomic mass is 9.79. The molecule has 4 heterocycles. The van der Waals surface area contributed by atoms with Crippen LogP contribution in [0, 0.1) is 28.1 Å². The average molecular weight is 875 g/mol. The summed E-state index contributed by atoms with van der Waals surface area (Å²) in [5, 5.41) is 14.6. The molecule has 15 heteroatoms. The molecular weight excluding hydrogens is 809 g/mol. The number of carbonyl (C=O) groups excluding carboxylic acids is 2. The van der Waals surface area contributed by atoms with Gasteiger partial charge >= 0.3 is 6.09 Å². The van der Waals surface area contributed by atoms with Gasteiger partial charge in [0.2, 0.25) is 11.5 Å². The van der Waals surface area contributed by atoms with Crippen LogP contribution in [0.1, 0.15) is 118 Å². The highest BCUT2D eigenvalue weighted by Crippen LogP contribution is 2.60. The van der Waals surface area contributed by atoms with Crippen LogP contribution in [0.2, 0.25) is 0 Å². The van der Waals surface area contributed by atoms with Crippen molar-refractivity contribution in [2.24, 2.45) is 28.1 Å². The van der Waals surface area contributed by atoms with E-state index in [0.29, 0.717) is 17.6 Å². The number of rotatable bonds is 13. The lowest BCUT2D eigenvalue weighted by molar-refractivity contribution is -0.157. The van der Waals surface area contributed by atoms with Crippen molar-refractivity contribution in [3.05, 3.63) is 72.4 Å². The number of carboxylic acid groups (broad SMARTS) is 1. The molecule has 2 aromatic carbocycles. The van der Waals surface area contributed by atoms with E-state index in [2.05, 4.69) is 76.0 Å². The van der Waals surface area contributed by atoms with E-state index in [1.807, 2.05) is 61.5 Å². The summed E-state index contributed by atoms with van der Waals surface area (Å²) in [6, 6.07) is 11.4. The van der Waals surface area contributed by atoms with E-state index in [4.69, 9.17) is 29.8 Å². The van der Waals surface area contributed by atoms with Gasteiger partial charge in [-0.3, -0.25) is 19.6 Å². The van der Waals surface area contributed by atoms with Gasteiger partial charge in [0.1, 0.15) is 11.6 Å². The molecule has 5 N–H and O–H groups in total. The van der Waals surface area contributed by atoms with E-state index in [1.165, 1.54) is 14.1 Å². The molecule has 3 aromatic heterocycles. The van der Waals surface area contributed by atoms with Crippen molar-refractivity contribution in [3.8, 4) is 22.5 Å². The Hall–Kier alpha value is -5.99. The number of nitrogens with zero attached hydrogens (tertiary/aromatic N) is 6. The second kappa shape index (κ2) is 17.2. The number of benzene rings is 2. The summed E-state index contributed by atoms with van der Waals surface area (Å²) in [6.07, 6.45) is 10.7. The van der Waals surface area contributed by atoms with E-state index in [0.717, 1.165) is 93.8 Å². The number of aromatic amines is 2. The van der Waals surface area contributed by atoms with Crippen molar-refractivity contribution in [1.29, 1.82) is 0 Å². The molecule has 0 unspecified atom stereocenters. The Morgan fingerprint density at radius 3 is 1.67 bits per heavy atom. The van der Waals surface area contributed by atoms with Crippen LogP contribution < -0.4 is 10.6 Å². The average Bonchev–Trinajstić information content (AvgIpc) is 4.11. The van der Waals surface area contributed by atoms with Gasteiger partial charge in [-0.1, -0.05) is 73.9 Å². The highest BCUT2D eigenvalue weighted by molar-refractivity contribution is 5.91. The van der Waals surface area contributed by atoms with Gasteiger partial charge in [0, 0.05) is 56.7 Å². The first kappa shape index (κ1) is 46.0. The number of carbonyl (C=O) groups is 3. The van der Waals surface area contributed by atoms with Crippen LogP contribution in [0.25, 0.3) is 44.6 Å². The number of H-pyrrole nitrogens is 2. The molecule has 64 heavy (non-hydrogen) atoms. The minimum Gasteiger partial charge on any atom is -0.465 e. The molecule has 3 aliphatic rings. The summed E-state index contributed by atoms with van der Waals surface area (Å²) in [6.45, 7) is 17.0. The van der Waals surface area contributed by atoms with Crippen LogP contribution >= 0.6 is 0 Å². The molecule has 0 bridgehead atoms. The third-order valence-corrected chi connectivity index (χ3v) is 12.9. The normalized spacial score (nSPS) is 19.2. The first-order valence-corrected chi connectivity index (χ1v) is 22.5. The van der Waals surface area contributed by atoms with E-state index < -0.39 is 11.7 Å². The molecule has 0 saturated heterocycles. The largest absolute Gasteiger partial charge is 0.465 e. The zero-order chi connectivity index (χ0) is 46.5. The van der Waals surface area contributed by atoms with Gasteiger partial charge < -0.3 is 40.2 Å². The fourth-order valence-electron chi connectivity index (χ4n) is 8.35.